The van der Waals surface area contributed by atoms with Crippen LogP contribution in [0.4, 0.5) is 5.13 Å². The number of nitrogens with zero attached hydrogens (tertiary/aromatic N) is 2. The normalized spacial score (nSPS) is 11.6. The van der Waals surface area contributed by atoms with E-state index in [4.69, 9.17) is 9.47 Å². The van der Waals surface area contributed by atoms with Gasteiger partial charge in [0, 0.05) is 5.75 Å². The van der Waals surface area contributed by atoms with Gasteiger partial charge in [-0.25, -0.2) is 0 Å². The highest BCUT2D eigenvalue weighted by molar-refractivity contribution is 8.00. The van der Waals surface area contributed by atoms with Gasteiger partial charge in [-0.2, -0.15) is 0 Å². The summed E-state index contributed by atoms with van der Waals surface area (Å²) in [6.45, 7) is 1.90. The molecule has 146 valence electrons. The monoisotopic (exact) mass is 415 g/mol. The number of carbonyl (C=O) groups is 1. The minimum atomic E-state index is -0.613. The second kappa shape index (κ2) is 10.1. The lowest BCUT2D eigenvalue weighted by Gasteiger charge is -2.16. The number of amides is 1. The van der Waals surface area contributed by atoms with E-state index in [0.717, 1.165) is 15.8 Å². The van der Waals surface area contributed by atoms with Crippen molar-refractivity contribution < 1.29 is 14.3 Å². The molecule has 1 atom stereocenters. The Morgan fingerprint density at radius 1 is 1.11 bits per heavy atom. The Morgan fingerprint density at radius 3 is 2.50 bits per heavy atom. The molecule has 6 nitrogen and oxygen atoms in total. The molecule has 0 fully saturated rings. The molecule has 1 aromatic heterocycles. The molecule has 0 aliphatic carbocycles. The van der Waals surface area contributed by atoms with Crippen molar-refractivity contribution in [1.29, 1.82) is 0 Å². The molecule has 0 saturated carbocycles. The number of benzene rings is 2. The lowest BCUT2D eigenvalue weighted by atomic mass is 10.2. The van der Waals surface area contributed by atoms with Crippen molar-refractivity contribution in [3.8, 4) is 11.5 Å². The maximum atomic E-state index is 12.5. The van der Waals surface area contributed by atoms with Crippen LogP contribution in [0.1, 0.15) is 18.9 Å². The molecule has 0 saturated heterocycles. The Hall–Kier alpha value is -2.58. The number of methoxy groups -OCH3 is 1. The molecule has 3 aromatic rings. The van der Waals surface area contributed by atoms with Crippen molar-refractivity contribution in [3.63, 3.8) is 0 Å². The fourth-order valence-corrected chi connectivity index (χ4v) is 4.08. The molecule has 0 aliphatic rings. The van der Waals surface area contributed by atoms with Crippen molar-refractivity contribution in [3.05, 3.63) is 60.2 Å². The lowest BCUT2D eigenvalue weighted by Crippen LogP contribution is -2.32. The van der Waals surface area contributed by atoms with E-state index < -0.39 is 6.10 Å². The van der Waals surface area contributed by atoms with Gasteiger partial charge in [-0.3, -0.25) is 10.1 Å². The van der Waals surface area contributed by atoms with Gasteiger partial charge in [0.15, 0.2) is 10.4 Å². The highest BCUT2D eigenvalue weighted by atomic mass is 32.2. The van der Waals surface area contributed by atoms with Crippen LogP contribution < -0.4 is 14.8 Å². The van der Waals surface area contributed by atoms with Gasteiger partial charge < -0.3 is 9.47 Å². The van der Waals surface area contributed by atoms with Crippen molar-refractivity contribution in [1.82, 2.24) is 10.2 Å². The minimum absolute atomic E-state index is 0.242. The first-order chi connectivity index (χ1) is 13.7. The highest BCUT2D eigenvalue weighted by Crippen LogP contribution is 2.28. The molecule has 1 amide bonds. The molecular weight excluding hydrogens is 394 g/mol. The summed E-state index contributed by atoms with van der Waals surface area (Å²) in [7, 11) is 1.60. The van der Waals surface area contributed by atoms with Gasteiger partial charge >= 0.3 is 0 Å². The van der Waals surface area contributed by atoms with Crippen molar-refractivity contribution >= 4 is 34.1 Å². The van der Waals surface area contributed by atoms with E-state index in [9.17, 15) is 4.79 Å². The summed E-state index contributed by atoms with van der Waals surface area (Å²) in [4.78, 5) is 12.5. The topological polar surface area (TPSA) is 73.3 Å². The number of rotatable bonds is 9. The smallest absolute Gasteiger partial charge is 0.267 e. The van der Waals surface area contributed by atoms with E-state index in [1.165, 1.54) is 16.9 Å². The number of thioether (sulfide) groups is 1. The second-order valence-corrected chi connectivity index (χ2v) is 8.03. The SMILES string of the molecule is CC[C@@H](Oc1ccc(OC)cc1)C(=O)Nc1nnc(SCc2ccccc2)s1. The van der Waals surface area contributed by atoms with Crippen molar-refractivity contribution in [2.75, 3.05) is 12.4 Å². The molecule has 28 heavy (non-hydrogen) atoms. The second-order valence-electron chi connectivity index (χ2n) is 5.83. The first-order valence-corrected chi connectivity index (χ1v) is 10.6. The van der Waals surface area contributed by atoms with E-state index in [0.29, 0.717) is 17.3 Å². The van der Waals surface area contributed by atoms with Crippen LogP contribution in [0.2, 0.25) is 0 Å². The van der Waals surface area contributed by atoms with E-state index in [1.54, 1.807) is 43.1 Å². The fourth-order valence-electron chi connectivity index (χ4n) is 2.36. The molecule has 0 bridgehead atoms. The number of hydrogen-bond acceptors (Lipinski definition) is 7. The average Bonchev–Trinajstić information content (AvgIpc) is 3.19. The molecule has 0 spiro atoms. The van der Waals surface area contributed by atoms with E-state index >= 15 is 0 Å². The predicted octanol–water partition coefficient (Wildman–Crippen LogP) is 4.64. The van der Waals surface area contributed by atoms with Crippen LogP contribution >= 0.6 is 23.1 Å². The maximum absolute atomic E-state index is 12.5. The highest BCUT2D eigenvalue weighted by Gasteiger charge is 2.20. The largest absolute Gasteiger partial charge is 0.497 e. The Bertz CT molecular complexity index is 885. The Balaban J connectivity index is 1.54. The standard InChI is InChI=1S/C20H21N3O3S2/c1-3-17(26-16-11-9-15(25-2)10-12-16)18(24)21-19-22-23-20(28-19)27-13-14-7-5-4-6-8-14/h4-12,17H,3,13H2,1-2H3,(H,21,22,24)/t17-/m1/s1. The Morgan fingerprint density at radius 2 is 1.82 bits per heavy atom. The van der Waals surface area contributed by atoms with E-state index in [1.807, 2.05) is 25.1 Å². The van der Waals surface area contributed by atoms with Crippen LogP contribution in [0.3, 0.4) is 0 Å². The molecule has 0 unspecified atom stereocenters. The number of nitrogens with one attached hydrogen (secondary N) is 1. The maximum Gasteiger partial charge on any atom is 0.267 e. The Kier molecular flexibility index (Phi) is 7.27. The van der Waals surface area contributed by atoms with E-state index in [2.05, 4.69) is 27.6 Å². The third kappa shape index (κ3) is 5.71. The van der Waals surface area contributed by atoms with Crippen LogP contribution in [-0.4, -0.2) is 29.3 Å². The van der Waals surface area contributed by atoms with Crippen LogP contribution in [0.5, 0.6) is 11.5 Å². The zero-order valence-electron chi connectivity index (χ0n) is 15.6. The molecule has 1 heterocycles. The van der Waals surface area contributed by atoms with Gasteiger partial charge in [0.25, 0.3) is 5.91 Å². The summed E-state index contributed by atoms with van der Waals surface area (Å²) in [6, 6.07) is 17.3. The zero-order valence-corrected chi connectivity index (χ0v) is 17.3. The number of ether oxygens (including phenoxy) is 2. The van der Waals surface area contributed by atoms with Crippen LogP contribution in [0, 0.1) is 0 Å². The number of hydrogen-bond donors (Lipinski definition) is 1. The summed E-state index contributed by atoms with van der Waals surface area (Å²) >= 11 is 2.95. The Labute approximate surface area is 172 Å². The molecule has 1 N–H and O–H groups in total. The van der Waals surface area contributed by atoms with Gasteiger partial charge in [-0.15, -0.1) is 10.2 Å². The van der Waals surface area contributed by atoms with Gasteiger partial charge in [0.2, 0.25) is 5.13 Å². The third-order valence-electron chi connectivity index (χ3n) is 3.84. The van der Waals surface area contributed by atoms with Gasteiger partial charge in [0.05, 0.1) is 7.11 Å². The minimum Gasteiger partial charge on any atom is -0.497 e. The summed E-state index contributed by atoms with van der Waals surface area (Å²) in [5.74, 6) is 1.91. The van der Waals surface area contributed by atoms with Gasteiger partial charge in [0.1, 0.15) is 11.5 Å². The summed E-state index contributed by atoms with van der Waals surface area (Å²) in [5.41, 5.74) is 1.22. The summed E-state index contributed by atoms with van der Waals surface area (Å²) in [5, 5.41) is 11.5. The van der Waals surface area contributed by atoms with Crippen LogP contribution in [0.15, 0.2) is 58.9 Å². The van der Waals surface area contributed by atoms with E-state index in [-0.39, 0.29) is 5.91 Å². The summed E-state index contributed by atoms with van der Waals surface area (Å²) in [6.07, 6.45) is -0.0792. The lowest BCUT2D eigenvalue weighted by molar-refractivity contribution is -0.122. The fraction of sp³-hybridized carbons (Fsp3) is 0.250. The number of carbonyl (C=O) groups excluding carboxylic acids is 1. The molecular formula is C20H21N3O3S2. The molecule has 2 aromatic carbocycles. The van der Waals surface area contributed by atoms with Gasteiger partial charge in [-0.1, -0.05) is 60.4 Å². The predicted molar refractivity (Wildman–Crippen MR) is 112 cm³/mol. The summed E-state index contributed by atoms with van der Waals surface area (Å²) < 4.78 is 11.7. The average molecular weight is 416 g/mol. The zero-order chi connectivity index (χ0) is 19.8. The molecule has 8 heteroatoms. The first-order valence-electron chi connectivity index (χ1n) is 8.79. The van der Waals surface area contributed by atoms with Crippen molar-refractivity contribution in [2.45, 2.75) is 29.5 Å². The molecule has 0 radical (unpaired) electrons. The number of aromatic nitrogens is 2. The molecule has 0 aliphatic heterocycles. The quantitative estimate of drug-likeness (QED) is 0.406. The first kappa shape index (κ1) is 20.2. The van der Waals surface area contributed by atoms with Gasteiger partial charge in [-0.05, 0) is 36.2 Å². The van der Waals surface area contributed by atoms with Crippen LogP contribution in [-0.2, 0) is 10.5 Å². The number of anilines is 1. The van der Waals surface area contributed by atoms with Crippen LogP contribution in [0.25, 0.3) is 0 Å². The molecule has 3 rings (SSSR count). The third-order valence-corrected chi connectivity index (χ3v) is 5.89. The van der Waals surface area contributed by atoms with Crippen molar-refractivity contribution in [2.24, 2.45) is 0 Å².